The molecule has 0 spiro atoms. The van der Waals surface area contributed by atoms with E-state index in [4.69, 9.17) is 11.6 Å². The van der Waals surface area contributed by atoms with Crippen LogP contribution in [-0.2, 0) is 19.3 Å². The second-order valence-corrected chi connectivity index (χ2v) is 5.99. The van der Waals surface area contributed by atoms with Gasteiger partial charge in [-0.2, -0.15) is 5.10 Å². The summed E-state index contributed by atoms with van der Waals surface area (Å²) in [6.07, 6.45) is 2.36. The molecule has 108 valence electrons. The first-order valence-corrected chi connectivity index (χ1v) is 8.10. The highest BCUT2D eigenvalue weighted by molar-refractivity contribution is 7.15. The molecule has 0 radical (unpaired) electrons. The quantitative estimate of drug-likeness (QED) is 0.863. The fourth-order valence-corrected chi connectivity index (χ4v) is 3.71. The predicted octanol–water partition coefficient (Wildman–Crippen LogP) is 3.11. The molecule has 0 aliphatic rings. The van der Waals surface area contributed by atoms with Crippen LogP contribution in [0.5, 0.6) is 0 Å². The Kier molecular flexibility index (Phi) is 4.94. The van der Waals surface area contributed by atoms with Crippen LogP contribution in [0.1, 0.15) is 35.7 Å². The van der Waals surface area contributed by atoms with E-state index in [-0.39, 0.29) is 5.56 Å². The summed E-state index contributed by atoms with van der Waals surface area (Å²) in [5.41, 5.74) is 3.41. The Hall–Kier alpha value is -1.20. The molecule has 0 amide bonds. The first-order chi connectivity index (χ1) is 9.62. The molecule has 20 heavy (non-hydrogen) atoms. The lowest BCUT2D eigenvalue weighted by molar-refractivity contribution is 0.861. The smallest absolute Gasteiger partial charge is 0.267 e. The van der Waals surface area contributed by atoms with Gasteiger partial charge in [-0.1, -0.05) is 13.8 Å². The van der Waals surface area contributed by atoms with Crippen LogP contribution in [0.3, 0.4) is 0 Å². The van der Waals surface area contributed by atoms with Gasteiger partial charge < -0.3 is 0 Å². The molecule has 0 aliphatic carbocycles. The third kappa shape index (κ3) is 2.79. The Balaban J connectivity index is 2.62. The maximum absolute atomic E-state index is 12.2. The van der Waals surface area contributed by atoms with Gasteiger partial charge in [0.15, 0.2) is 0 Å². The monoisotopic (exact) mass is 311 g/mol. The Bertz CT molecular complexity index is 663. The van der Waals surface area contributed by atoms with E-state index >= 15 is 0 Å². The second-order valence-electron chi connectivity index (χ2n) is 4.53. The van der Waals surface area contributed by atoms with E-state index in [0.717, 1.165) is 46.1 Å². The Labute approximate surface area is 127 Å². The van der Waals surface area contributed by atoms with Crippen LogP contribution >= 0.6 is 22.9 Å². The van der Waals surface area contributed by atoms with Gasteiger partial charge in [0.2, 0.25) is 0 Å². The lowest BCUT2D eigenvalue weighted by Crippen LogP contribution is -2.16. The van der Waals surface area contributed by atoms with Crippen molar-refractivity contribution in [1.82, 2.24) is 15.2 Å². The van der Waals surface area contributed by atoms with Crippen molar-refractivity contribution in [2.24, 2.45) is 0 Å². The molecular formula is C14H18ClN3OS. The summed E-state index contributed by atoms with van der Waals surface area (Å²) in [5, 5.41) is 7.50. The molecule has 2 heterocycles. The number of alkyl halides is 1. The molecule has 6 heteroatoms. The van der Waals surface area contributed by atoms with Gasteiger partial charge in [0, 0.05) is 10.8 Å². The maximum Gasteiger partial charge on any atom is 0.274 e. The topological polar surface area (TPSA) is 58.6 Å². The summed E-state index contributed by atoms with van der Waals surface area (Å²) in [4.78, 5) is 17.9. The highest BCUT2D eigenvalue weighted by Gasteiger charge is 2.18. The van der Waals surface area contributed by atoms with Crippen LogP contribution in [0.15, 0.2) is 4.79 Å². The zero-order chi connectivity index (χ0) is 14.7. The summed E-state index contributed by atoms with van der Waals surface area (Å²) in [7, 11) is 0. The Morgan fingerprint density at radius 2 is 2.05 bits per heavy atom. The van der Waals surface area contributed by atoms with Gasteiger partial charge in [-0.25, -0.2) is 10.1 Å². The molecule has 4 nitrogen and oxygen atoms in total. The standard InChI is InChI=1S/C14H18ClN3OS/c1-4-9-10(5-2)17-18-13(19)12(9)14-16-8(3)11(20-14)6-7-15/h4-7H2,1-3H3,(H,18,19). The number of aromatic amines is 1. The largest absolute Gasteiger partial charge is 0.274 e. The molecule has 0 atom stereocenters. The van der Waals surface area contributed by atoms with Gasteiger partial charge in [0.05, 0.1) is 17.0 Å². The number of hydrogen-bond donors (Lipinski definition) is 1. The van der Waals surface area contributed by atoms with Crippen LogP contribution in [0, 0.1) is 6.92 Å². The van der Waals surface area contributed by atoms with Crippen LogP contribution < -0.4 is 5.56 Å². The molecule has 0 aromatic carbocycles. The zero-order valence-corrected chi connectivity index (χ0v) is 13.5. The number of aromatic nitrogens is 3. The number of halogens is 1. The molecule has 2 rings (SSSR count). The Morgan fingerprint density at radius 3 is 2.65 bits per heavy atom. The van der Waals surface area contributed by atoms with E-state index in [1.165, 1.54) is 0 Å². The van der Waals surface area contributed by atoms with E-state index < -0.39 is 0 Å². The highest BCUT2D eigenvalue weighted by Crippen LogP contribution is 2.29. The summed E-state index contributed by atoms with van der Waals surface area (Å²) in [6.45, 7) is 6.04. The molecule has 1 N–H and O–H groups in total. The van der Waals surface area contributed by atoms with Gasteiger partial charge in [-0.3, -0.25) is 4.79 Å². The highest BCUT2D eigenvalue weighted by atomic mass is 35.5. The Morgan fingerprint density at radius 1 is 1.30 bits per heavy atom. The third-order valence-electron chi connectivity index (χ3n) is 3.29. The van der Waals surface area contributed by atoms with Crippen molar-refractivity contribution in [3.63, 3.8) is 0 Å². The van der Waals surface area contributed by atoms with E-state index in [1.807, 2.05) is 20.8 Å². The fraction of sp³-hybridized carbons (Fsp3) is 0.500. The van der Waals surface area contributed by atoms with Crippen LogP contribution in [0.2, 0.25) is 0 Å². The molecule has 0 bridgehead atoms. The molecule has 0 unspecified atom stereocenters. The number of hydrogen-bond acceptors (Lipinski definition) is 4. The first-order valence-electron chi connectivity index (χ1n) is 6.75. The summed E-state index contributed by atoms with van der Waals surface area (Å²) < 4.78 is 0. The van der Waals surface area contributed by atoms with Gasteiger partial charge in [-0.15, -0.1) is 22.9 Å². The number of aryl methyl sites for hydroxylation is 3. The number of nitrogens with one attached hydrogen (secondary N) is 1. The minimum atomic E-state index is -0.162. The SMILES string of the molecule is CCc1n[nH]c(=O)c(-c2nc(C)c(CCCl)s2)c1CC. The number of nitrogens with zero attached hydrogens (tertiary/aromatic N) is 2. The molecule has 0 saturated carbocycles. The van der Waals surface area contributed by atoms with Crippen molar-refractivity contribution in [1.29, 1.82) is 0 Å². The number of thiazole rings is 1. The summed E-state index contributed by atoms with van der Waals surface area (Å²) in [5.74, 6) is 0.565. The van der Waals surface area contributed by atoms with E-state index in [0.29, 0.717) is 11.4 Å². The van der Waals surface area contributed by atoms with Crippen LogP contribution in [-0.4, -0.2) is 21.1 Å². The van der Waals surface area contributed by atoms with Gasteiger partial charge >= 0.3 is 0 Å². The summed E-state index contributed by atoms with van der Waals surface area (Å²) in [6, 6.07) is 0. The fourth-order valence-electron chi connectivity index (χ4n) is 2.28. The van der Waals surface area contributed by atoms with Crippen molar-refractivity contribution >= 4 is 22.9 Å². The van der Waals surface area contributed by atoms with Crippen LogP contribution in [0.25, 0.3) is 10.6 Å². The first kappa shape index (κ1) is 15.2. The van der Waals surface area contributed by atoms with Crippen LogP contribution in [0.4, 0.5) is 0 Å². The minimum Gasteiger partial charge on any atom is -0.267 e. The molecular weight excluding hydrogens is 294 g/mol. The minimum absolute atomic E-state index is 0.162. The zero-order valence-electron chi connectivity index (χ0n) is 11.9. The van der Waals surface area contributed by atoms with Gasteiger partial charge in [0.1, 0.15) is 5.01 Å². The predicted molar refractivity (Wildman–Crippen MR) is 83.9 cm³/mol. The average Bonchev–Trinajstić information content (AvgIpc) is 2.79. The van der Waals surface area contributed by atoms with Crippen molar-refractivity contribution in [3.05, 3.63) is 32.2 Å². The summed E-state index contributed by atoms with van der Waals surface area (Å²) >= 11 is 7.36. The second kappa shape index (κ2) is 6.50. The van der Waals surface area contributed by atoms with Crippen molar-refractivity contribution in [2.45, 2.75) is 40.0 Å². The molecule has 0 fully saturated rings. The normalized spacial score (nSPS) is 11.0. The van der Waals surface area contributed by atoms with Gasteiger partial charge in [-0.05, 0) is 31.7 Å². The third-order valence-corrected chi connectivity index (χ3v) is 4.71. The molecule has 2 aromatic heterocycles. The average molecular weight is 312 g/mol. The van der Waals surface area contributed by atoms with E-state index in [9.17, 15) is 4.79 Å². The maximum atomic E-state index is 12.2. The molecule has 0 aliphatic heterocycles. The van der Waals surface area contributed by atoms with Crippen molar-refractivity contribution in [2.75, 3.05) is 5.88 Å². The van der Waals surface area contributed by atoms with E-state index in [1.54, 1.807) is 11.3 Å². The lowest BCUT2D eigenvalue weighted by Gasteiger charge is -2.07. The van der Waals surface area contributed by atoms with E-state index in [2.05, 4.69) is 15.2 Å². The number of H-pyrrole nitrogens is 1. The molecule has 2 aromatic rings. The lowest BCUT2D eigenvalue weighted by atomic mass is 10.0. The molecule has 0 saturated heterocycles. The van der Waals surface area contributed by atoms with Crippen molar-refractivity contribution < 1.29 is 0 Å². The number of rotatable bonds is 5. The van der Waals surface area contributed by atoms with Gasteiger partial charge in [0.25, 0.3) is 5.56 Å². The van der Waals surface area contributed by atoms with Crippen molar-refractivity contribution in [3.8, 4) is 10.6 Å².